The molecule has 0 atom stereocenters. The Bertz CT molecular complexity index is 596. The molecule has 2 aromatic rings. The van der Waals surface area contributed by atoms with Crippen LogP contribution in [0.2, 0.25) is 10.0 Å². The number of nitrogens with zero attached hydrogens (tertiary/aromatic N) is 3. The Balaban J connectivity index is 2.28. The van der Waals surface area contributed by atoms with Gasteiger partial charge in [-0.15, -0.1) is 10.2 Å². The zero-order chi connectivity index (χ0) is 14.7. The molecule has 0 aliphatic carbocycles. The molecule has 0 spiro atoms. The summed E-state index contributed by atoms with van der Waals surface area (Å²) in [5, 5.41) is 10.4. The number of halogens is 3. The maximum absolute atomic E-state index is 6.05. The van der Waals surface area contributed by atoms with Crippen molar-refractivity contribution < 1.29 is 0 Å². The highest BCUT2D eigenvalue weighted by Gasteiger charge is 2.13. The van der Waals surface area contributed by atoms with Crippen molar-refractivity contribution in [3.8, 4) is 0 Å². The molecule has 1 aromatic carbocycles. The fourth-order valence-electron chi connectivity index (χ4n) is 2.01. The number of alkyl halides is 1. The van der Waals surface area contributed by atoms with Gasteiger partial charge in [0, 0.05) is 13.0 Å². The van der Waals surface area contributed by atoms with Crippen molar-refractivity contribution in [2.45, 2.75) is 32.1 Å². The third-order valence-corrected chi connectivity index (χ3v) is 4.16. The molecular formula is C14H16BrCl2N3. The van der Waals surface area contributed by atoms with Crippen LogP contribution in [0.15, 0.2) is 18.2 Å². The first-order valence-electron chi connectivity index (χ1n) is 6.42. The summed E-state index contributed by atoms with van der Waals surface area (Å²) in [7, 11) is 0. The van der Waals surface area contributed by atoms with Gasteiger partial charge in [-0.2, -0.15) is 0 Å². The molecule has 0 bridgehead atoms. The fourth-order valence-corrected chi connectivity index (χ4v) is 2.75. The second-order valence-corrected chi connectivity index (χ2v) is 6.47. The van der Waals surface area contributed by atoms with Gasteiger partial charge in [-0.1, -0.05) is 59.0 Å². The minimum atomic E-state index is 0.538. The monoisotopic (exact) mass is 375 g/mol. The maximum Gasteiger partial charge on any atom is 0.143 e. The summed E-state index contributed by atoms with van der Waals surface area (Å²) in [6.07, 6.45) is 0.698. The van der Waals surface area contributed by atoms with Crippen LogP contribution < -0.4 is 0 Å². The summed E-state index contributed by atoms with van der Waals surface area (Å²) in [6.45, 7) is 5.27. The van der Waals surface area contributed by atoms with Gasteiger partial charge in [-0.3, -0.25) is 0 Å². The van der Waals surface area contributed by atoms with Gasteiger partial charge in [-0.25, -0.2) is 0 Å². The van der Waals surface area contributed by atoms with Crippen molar-refractivity contribution in [2.75, 3.05) is 0 Å². The summed E-state index contributed by atoms with van der Waals surface area (Å²) < 4.78 is 2.17. The Hall–Kier alpha value is -0.580. The van der Waals surface area contributed by atoms with Crippen molar-refractivity contribution in [1.82, 2.24) is 14.8 Å². The van der Waals surface area contributed by atoms with Crippen LogP contribution in [0.25, 0.3) is 0 Å². The molecule has 0 aliphatic heterocycles. The summed E-state index contributed by atoms with van der Waals surface area (Å²) in [5.41, 5.74) is 1.08. The average molecular weight is 377 g/mol. The molecule has 1 heterocycles. The summed E-state index contributed by atoms with van der Waals surface area (Å²) in [4.78, 5) is 0. The largest absolute Gasteiger partial charge is 0.314 e. The highest BCUT2D eigenvalue weighted by atomic mass is 79.9. The topological polar surface area (TPSA) is 30.7 Å². The third kappa shape index (κ3) is 3.74. The van der Waals surface area contributed by atoms with Crippen LogP contribution in [0.1, 0.15) is 31.1 Å². The highest BCUT2D eigenvalue weighted by Crippen LogP contribution is 2.24. The van der Waals surface area contributed by atoms with Gasteiger partial charge in [0.1, 0.15) is 11.6 Å². The van der Waals surface area contributed by atoms with Gasteiger partial charge in [0.15, 0.2) is 0 Å². The Kier molecular flexibility index (Phi) is 5.47. The minimum absolute atomic E-state index is 0.538. The minimum Gasteiger partial charge on any atom is -0.314 e. The first-order valence-corrected chi connectivity index (χ1v) is 8.29. The molecule has 1 aromatic heterocycles. The molecule has 108 valence electrons. The molecule has 0 N–H and O–H groups in total. The normalized spacial score (nSPS) is 11.3. The van der Waals surface area contributed by atoms with Gasteiger partial charge in [0.2, 0.25) is 0 Å². The predicted octanol–water partition coefficient (Wildman–Crippen LogP) is 4.73. The van der Waals surface area contributed by atoms with E-state index in [0.29, 0.717) is 27.7 Å². The van der Waals surface area contributed by atoms with E-state index in [-0.39, 0.29) is 0 Å². The standard InChI is InChI=1S/C14H16BrCl2N3/c1-9(2)8-20-13(18-19-14(20)7-15)6-10-3-4-11(16)12(17)5-10/h3-5,9H,6-8H2,1-2H3. The van der Waals surface area contributed by atoms with Crippen molar-refractivity contribution in [1.29, 1.82) is 0 Å². The molecule has 0 saturated heterocycles. The molecule has 2 rings (SSSR count). The molecule has 0 aliphatic rings. The van der Waals surface area contributed by atoms with Gasteiger partial charge < -0.3 is 4.57 Å². The highest BCUT2D eigenvalue weighted by molar-refractivity contribution is 9.08. The van der Waals surface area contributed by atoms with E-state index >= 15 is 0 Å². The Morgan fingerprint density at radius 1 is 1.15 bits per heavy atom. The smallest absolute Gasteiger partial charge is 0.143 e. The molecule has 20 heavy (non-hydrogen) atoms. The Labute approximate surface area is 137 Å². The van der Waals surface area contributed by atoms with Crippen LogP contribution >= 0.6 is 39.1 Å². The molecule has 3 nitrogen and oxygen atoms in total. The van der Waals surface area contributed by atoms with Gasteiger partial charge >= 0.3 is 0 Å². The summed E-state index contributed by atoms with van der Waals surface area (Å²) >= 11 is 15.4. The Morgan fingerprint density at radius 2 is 1.85 bits per heavy atom. The van der Waals surface area contributed by atoms with Crippen molar-refractivity contribution in [3.63, 3.8) is 0 Å². The predicted molar refractivity (Wildman–Crippen MR) is 86.8 cm³/mol. The molecule has 0 fully saturated rings. The number of hydrogen-bond donors (Lipinski definition) is 0. The van der Waals surface area contributed by atoms with E-state index in [1.54, 1.807) is 0 Å². The lowest BCUT2D eigenvalue weighted by Gasteiger charge is -2.12. The summed E-state index contributed by atoms with van der Waals surface area (Å²) in [5.74, 6) is 2.44. The van der Waals surface area contributed by atoms with E-state index in [4.69, 9.17) is 23.2 Å². The molecule has 0 unspecified atom stereocenters. The zero-order valence-electron chi connectivity index (χ0n) is 11.4. The van der Waals surface area contributed by atoms with Crippen molar-refractivity contribution >= 4 is 39.1 Å². The Morgan fingerprint density at radius 3 is 2.45 bits per heavy atom. The van der Waals surface area contributed by atoms with E-state index in [0.717, 1.165) is 23.8 Å². The van der Waals surface area contributed by atoms with Gasteiger partial charge in [0.25, 0.3) is 0 Å². The molecular weight excluding hydrogens is 361 g/mol. The van der Waals surface area contributed by atoms with Crippen LogP contribution in [0, 0.1) is 5.92 Å². The van der Waals surface area contributed by atoms with Gasteiger partial charge in [0.05, 0.1) is 15.4 Å². The molecule has 6 heteroatoms. The third-order valence-electron chi connectivity index (χ3n) is 2.92. The van der Waals surface area contributed by atoms with E-state index in [1.807, 2.05) is 18.2 Å². The van der Waals surface area contributed by atoms with Crippen LogP contribution in [-0.4, -0.2) is 14.8 Å². The molecule has 0 saturated carbocycles. The van der Waals surface area contributed by atoms with Crippen LogP contribution in [0.4, 0.5) is 0 Å². The zero-order valence-corrected chi connectivity index (χ0v) is 14.5. The second-order valence-electron chi connectivity index (χ2n) is 5.10. The lowest BCUT2D eigenvalue weighted by atomic mass is 10.1. The lowest BCUT2D eigenvalue weighted by Crippen LogP contribution is -2.11. The van der Waals surface area contributed by atoms with Crippen molar-refractivity contribution in [2.24, 2.45) is 5.92 Å². The maximum atomic E-state index is 6.05. The first kappa shape index (κ1) is 15.8. The quantitative estimate of drug-likeness (QED) is 0.706. The second kappa shape index (κ2) is 6.92. The number of hydrogen-bond acceptors (Lipinski definition) is 2. The fraction of sp³-hybridized carbons (Fsp3) is 0.429. The summed E-state index contributed by atoms with van der Waals surface area (Å²) in [6, 6.07) is 5.66. The first-order chi connectivity index (χ1) is 9.51. The lowest BCUT2D eigenvalue weighted by molar-refractivity contribution is 0.500. The SMILES string of the molecule is CC(C)Cn1c(CBr)nnc1Cc1ccc(Cl)c(Cl)c1. The number of rotatable bonds is 5. The van der Waals surface area contributed by atoms with Crippen LogP contribution in [0.3, 0.4) is 0 Å². The average Bonchev–Trinajstić information content (AvgIpc) is 2.76. The van der Waals surface area contributed by atoms with E-state index in [9.17, 15) is 0 Å². The van der Waals surface area contributed by atoms with E-state index in [2.05, 4.69) is 44.5 Å². The van der Waals surface area contributed by atoms with Crippen LogP contribution in [0.5, 0.6) is 0 Å². The van der Waals surface area contributed by atoms with Crippen LogP contribution in [-0.2, 0) is 18.3 Å². The van der Waals surface area contributed by atoms with E-state index in [1.165, 1.54) is 0 Å². The molecule has 0 radical (unpaired) electrons. The number of benzene rings is 1. The van der Waals surface area contributed by atoms with Crippen molar-refractivity contribution in [3.05, 3.63) is 45.5 Å². The van der Waals surface area contributed by atoms with E-state index < -0.39 is 0 Å². The number of aromatic nitrogens is 3. The molecule has 0 amide bonds. The van der Waals surface area contributed by atoms with Gasteiger partial charge in [-0.05, 0) is 23.6 Å².